The molecule has 0 amide bonds. The number of hydrogen-bond donors (Lipinski definition) is 1. The van der Waals surface area contributed by atoms with Crippen molar-refractivity contribution in [1.29, 1.82) is 0 Å². The van der Waals surface area contributed by atoms with E-state index in [2.05, 4.69) is 51.8 Å². The van der Waals surface area contributed by atoms with Crippen LogP contribution >= 0.6 is 0 Å². The summed E-state index contributed by atoms with van der Waals surface area (Å²) in [5, 5.41) is 3.69. The summed E-state index contributed by atoms with van der Waals surface area (Å²) in [5.74, 6) is 0. The van der Waals surface area contributed by atoms with Gasteiger partial charge in [0, 0.05) is 31.7 Å². The molecule has 2 atom stereocenters. The largest absolute Gasteiger partial charge is 0.376 e. The third-order valence-electron chi connectivity index (χ3n) is 3.83. The lowest BCUT2D eigenvalue weighted by Crippen LogP contribution is -2.50. The third kappa shape index (κ3) is 6.73. The van der Waals surface area contributed by atoms with Crippen LogP contribution < -0.4 is 5.32 Å². The zero-order valence-corrected chi connectivity index (χ0v) is 13.9. The first-order valence-corrected chi connectivity index (χ1v) is 7.83. The van der Waals surface area contributed by atoms with Gasteiger partial charge in [0.15, 0.2) is 0 Å². The van der Waals surface area contributed by atoms with Crippen molar-refractivity contribution in [1.82, 2.24) is 10.2 Å². The van der Waals surface area contributed by atoms with Gasteiger partial charge < -0.3 is 10.1 Å². The van der Waals surface area contributed by atoms with Crippen LogP contribution in [0.2, 0.25) is 0 Å². The maximum Gasteiger partial charge on any atom is 0.0674 e. The monoisotopic (exact) mass is 270 g/mol. The van der Waals surface area contributed by atoms with Crippen molar-refractivity contribution in [3.05, 3.63) is 0 Å². The summed E-state index contributed by atoms with van der Waals surface area (Å²) in [6, 6.07) is 0. The number of morpholine rings is 1. The first kappa shape index (κ1) is 16.9. The minimum atomic E-state index is 0.202. The van der Waals surface area contributed by atoms with Crippen molar-refractivity contribution in [3.63, 3.8) is 0 Å². The molecule has 1 aliphatic heterocycles. The van der Waals surface area contributed by atoms with E-state index in [1.54, 1.807) is 0 Å². The summed E-state index contributed by atoms with van der Waals surface area (Å²) >= 11 is 0. The smallest absolute Gasteiger partial charge is 0.0674 e. The predicted octanol–water partition coefficient (Wildman–Crippen LogP) is 2.90. The molecule has 1 rings (SSSR count). The lowest BCUT2D eigenvalue weighted by Gasteiger charge is -2.40. The zero-order chi connectivity index (χ0) is 14.5. The van der Waals surface area contributed by atoms with Gasteiger partial charge in [-0.3, -0.25) is 4.90 Å². The summed E-state index contributed by atoms with van der Waals surface area (Å²) in [7, 11) is 0. The van der Waals surface area contributed by atoms with Gasteiger partial charge >= 0.3 is 0 Å². The van der Waals surface area contributed by atoms with Crippen molar-refractivity contribution >= 4 is 0 Å². The van der Waals surface area contributed by atoms with E-state index in [1.165, 1.54) is 19.4 Å². The normalized spacial score (nSPS) is 25.3. The second-order valence-corrected chi connectivity index (χ2v) is 7.58. The number of nitrogens with zero attached hydrogens (tertiary/aromatic N) is 1. The molecule has 0 radical (unpaired) electrons. The highest BCUT2D eigenvalue weighted by molar-refractivity contribution is 4.85. The number of ether oxygens (including phenoxy) is 1. The van der Waals surface area contributed by atoms with Crippen molar-refractivity contribution in [2.75, 3.05) is 32.8 Å². The van der Waals surface area contributed by atoms with Gasteiger partial charge in [0.05, 0.1) is 12.7 Å². The van der Waals surface area contributed by atoms with Crippen LogP contribution in [0.3, 0.4) is 0 Å². The molecule has 0 bridgehead atoms. The maximum atomic E-state index is 5.64. The molecule has 1 heterocycles. The molecule has 114 valence electrons. The van der Waals surface area contributed by atoms with Gasteiger partial charge in [0.2, 0.25) is 0 Å². The van der Waals surface area contributed by atoms with Crippen LogP contribution in [-0.4, -0.2) is 49.3 Å². The lowest BCUT2D eigenvalue weighted by molar-refractivity contribution is -0.0320. The topological polar surface area (TPSA) is 24.5 Å². The average Bonchev–Trinajstić information content (AvgIpc) is 2.26. The summed E-state index contributed by atoms with van der Waals surface area (Å²) in [6.45, 7) is 18.9. The molecule has 0 aromatic carbocycles. The SMILES string of the molecule is CCCC(C)(CNC(C)(C)C)CN1CCOC(C)C1. The molecule has 0 spiro atoms. The Balaban J connectivity index is 2.54. The van der Waals surface area contributed by atoms with Crippen LogP contribution in [0.1, 0.15) is 54.4 Å². The fourth-order valence-corrected chi connectivity index (χ4v) is 2.88. The Morgan fingerprint density at radius 1 is 1.26 bits per heavy atom. The minimum absolute atomic E-state index is 0.202. The van der Waals surface area contributed by atoms with E-state index < -0.39 is 0 Å². The van der Waals surface area contributed by atoms with E-state index in [9.17, 15) is 0 Å². The number of rotatable bonds is 6. The summed E-state index contributed by atoms with van der Waals surface area (Å²) in [4.78, 5) is 2.58. The number of hydrogen-bond acceptors (Lipinski definition) is 3. The molecule has 2 unspecified atom stereocenters. The first-order valence-electron chi connectivity index (χ1n) is 7.83. The standard InChI is InChI=1S/C16H34N2O/c1-7-8-16(6,12-17-15(3,4)5)13-18-9-10-19-14(2)11-18/h14,17H,7-13H2,1-6H3. The third-order valence-corrected chi connectivity index (χ3v) is 3.83. The molecule has 19 heavy (non-hydrogen) atoms. The molecule has 1 aliphatic rings. The Morgan fingerprint density at radius 2 is 1.95 bits per heavy atom. The molecular formula is C16H34N2O. The van der Waals surface area contributed by atoms with Crippen LogP contribution in [0.25, 0.3) is 0 Å². The van der Waals surface area contributed by atoms with E-state index in [4.69, 9.17) is 4.74 Å². The summed E-state index contributed by atoms with van der Waals surface area (Å²) in [5.41, 5.74) is 0.562. The molecule has 1 saturated heterocycles. The van der Waals surface area contributed by atoms with Gasteiger partial charge in [-0.2, -0.15) is 0 Å². The van der Waals surface area contributed by atoms with Crippen LogP contribution in [0, 0.1) is 5.41 Å². The number of nitrogens with one attached hydrogen (secondary N) is 1. The van der Waals surface area contributed by atoms with Crippen LogP contribution in [0.4, 0.5) is 0 Å². The molecule has 0 aliphatic carbocycles. The highest BCUT2D eigenvalue weighted by Gasteiger charge is 2.29. The van der Waals surface area contributed by atoms with Crippen LogP contribution in [0.15, 0.2) is 0 Å². The molecular weight excluding hydrogens is 236 g/mol. The van der Waals surface area contributed by atoms with Crippen LogP contribution in [-0.2, 0) is 4.74 Å². The van der Waals surface area contributed by atoms with Gasteiger partial charge in [0.1, 0.15) is 0 Å². The second-order valence-electron chi connectivity index (χ2n) is 7.58. The van der Waals surface area contributed by atoms with Gasteiger partial charge in [-0.05, 0) is 39.5 Å². The highest BCUT2D eigenvalue weighted by atomic mass is 16.5. The Morgan fingerprint density at radius 3 is 2.47 bits per heavy atom. The summed E-state index contributed by atoms with van der Waals surface area (Å²) in [6.07, 6.45) is 2.92. The van der Waals surface area contributed by atoms with Gasteiger partial charge in [-0.15, -0.1) is 0 Å². The second kappa shape index (κ2) is 7.05. The molecule has 1 N–H and O–H groups in total. The predicted molar refractivity (Wildman–Crippen MR) is 82.6 cm³/mol. The van der Waals surface area contributed by atoms with E-state index in [1.807, 2.05) is 0 Å². The fourth-order valence-electron chi connectivity index (χ4n) is 2.88. The van der Waals surface area contributed by atoms with Gasteiger partial charge in [-0.1, -0.05) is 20.3 Å². The van der Waals surface area contributed by atoms with E-state index in [0.717, 1.165) is 26.2 Å². The molecule has 0 aromatic rings. The Kier molecular flexibility index (Phi) is 6.28. The molecule has 1 fully saturated rings. The van der Waals surface area contributed by atoms with Gasteiger partial charge in [0.25, 0.3) is 0 Å². The van der Waals surface area contributed by atoms with Crippen molar-refractivity contribution < 1.29 is 4.74 Å². The Labute approximate surface area is 120 Å². The minimum Gasteiger partial charge on any atom is -0.376 e. The average molecular weight is 270 g/mol. The molecule has 3 heteroatoms. The van der Waals surface area contributed by atoms with E-state index >= 15 is 0 Å². The molecule has 0 saturated carbocycles. The Hall–Kier alpha value is -0.120. The molecule has 0 aromatic heterocycles. The summed E-state index contributed by atoms with van der Waals surface area (Å²) < 4.78 is 5.64. The van der Waals surface area contributed by atoms with Crippen LogP contribution in [0.5, 0.6) is 0 Å². The van der Waals surface area contributed by atoms with E-state index in [-0.39, 0.29) is 5.54 Å². The van der Waals surface area contributed by atoms with Crippen molar-refractivity contribution in [3.8, 4) is 0 Å². The van der Waals surface area contributed by atoms with Crippen molar-refractivity contribution in [2.45, 2.75) is 66.0 Å². The Bertz CT molecular complexity index is 262. The highest BCUT2D eigenvalue weighted by Crippen LogP contribution is 2.25. The van der Waals surface area contributed by atoms with E-state index in [0.29, 0.717) is 11.5 Å². The van der Waals surface area contributed by atoms with Crippen molar-refractivity contribution in [2.24, 2.45) is 5.41 Å². The maximum absolute atomic E-state index is 5.64. The first-order chi connectivity index (χ1) is 8.74. The van der Waals surface area contributed by atoms with Gasteiger partial charge in [-0.25, -0.2) is 0 Å². The zero-order valence-electron chi connectivity index (χ0n) is 13.9. The lowest BCUT2D eigenvalue weighted by atomic mass is 9.84. The quantitative estimate of drug-likeness (QED) is 0.803. The fraction of sp³-hybridized carbons (Fsp3) is 1.00. The molecule has 3 nitrogen and oxygen atoms in total.